The Balaban J connectivity index is 1.80. The van der Waals surface area contributed by atoms with Crippen molar-refractivity contribution < 1.29 is 13.2 Å². The van der Waals surface area contributed by atoms with Crippen LogP contribution < -0.4 is 9.62 Å². The molecule has 0 bridgehead atoms. The van der Waals surface area contributed by atoms with Gasteiger partial charge < -0.3 is 5.32 Å². The highest BCUT2D eigenvalue weighted by atomic mass is 32.2. The maximum absolute atomic E-state index is 12.2. The van der Waals surface area contributed by atoms with Crippen LogP contribution in [0.2, 0.25) is 0 Å². The van der Waals surface area contributed by atoms with Gasteiger partial charge in [0.1, 0.15) is 0 Å². The highest BCUT2D eigenvalue weighted by Gasteiger charge is 2.15. The molecule has 2 aromatic carbocycles. The summed E-state index contributed by atoms with van der Waals surface area (Å²) in [5.41, 5.74) is 3.62. The molecule has 0 radical (unpaired) electrons. The van der Waals surface area contributed by atoms with Gasteiger partial charge in [0.15, 0.2) is 0 Å². The average Bonchev–Trinajstić information content (AvgIpc) is 2.61. The molecule has 5 nitrogen and oxygen atoms in total. The van der Waals surface area contributed by atoms with Gasteiger partial charge in [-0.3, -0.25) is 9.10 Å². The summed E-state index contributed by atoms with van der Waals surface area (Å²) in [5.74, 6) is 1.60. The molecule has 1 N–H and O–H groups in total. The number of amides is 1. The van der Waals surface area contributed by atoms with Crippen molar-refractivity contribution in [2.75, 3.05) is 29.4 Å². The number of nitrogens with one attached hydrogen (secondary N) is 1. The van der Waals surface area contributed by atoms with Gasteiger partial charge in [-0.05, 0) is 43.7 Å². The monoisotopic (exact) mass is 406 g/mol. The predicted octanol–water partition coefficient (Wildman–Crippen LogP) is 3.44. The van der Waals surface area contributed by atoms with Crippen molar-refractivity contribution in [1.82, 2.24) is 5.32 Å². The van der Waals surface area contributed by atoms with Crippen molar-refractivity contribution in [1.29, 1.82) is 0 Å². The van der Waals surface area contributed by atoms with Crippen molar-refractivity contribution in [2.24, 2.45) is 0 Å². The summed E-state index contributed by atoms with van der Waals surface area (Å²) in [6.45, 7) is 4.79. The minimum absolute atomic E-state index is 0.153. The first-order valence-corrected chi connectivity index (χ1v) is 11.8. The Labute approximate surface area is 166 Å². The molecule has 0 aliphatic heterocycles. The standard InChI is InChI=1S/C20H26N2O3S2/c1-4-22(27(3,24)25)19-10-8-18(9-11-19)20(23)21-12-13-26-15-17-7-5-6-16(2)14-17/h5-11,14H,4,12-13,15H2,1-3H3,(H,21,23). The molecule has 0 fully saturated rings. The molecule has 146 valence electrons. The van der Waals surface area contributed by atoms with Crippen LogP contribution in [0.3, 0.4) is 0 Å². The number of aryl methyl sites for hydroxylation is 1. The second kappa shape index (κ2) is 9.80. The zero-order valence-corrected chi connectivity index (χ0v) is 17.6. The van der Waals surface area contributed by atoms with Gasteiger partial charge in [-0.2, -0.15) is 11.8 Å². The molecular weight excluding hydrogens is 380 g/mol. The minimum Gasteiger partial charge on any atom is -0.351 e. The highest BCUT2D eigenvalue weighted by molar-refractivity contribution is 7.98. The van der Waals surface area contributed by atoms with E-state index < -0.39 is 10.0 Å². The third-order valence-corrected chi connectivity index (χ3v) is 6.29. The van der Waals surface area contributed by atoms with Gasteiger partial charge in [0.05, 0.1) is 11.9 Å². The second-order valence-corrected chi connectivity index (χ2v) is 9.28. The lowest BCUT2D eigenvalue weighted by Crippen LogP contribution is -2.29. The number of sulfonamides is 1. The van der Waals surface area contributed by atoms with Crippen molar-refractivity contribution in [3.05, 3.63) is 65.2 Å². The van der Waals surface area contributed by atoms with E-state index >= 15 is 0 Å². The van der Waals surface area contributed by atoms with Gasteiger partial charge in [0, 0.05) is 30.2 Å². The van der Waals surface area contributed by atoms with Crippen molar-refractivity contribution in [3.63, 3.8) is 0 Å². The predicted molar refractivity (Wildman–Crippen MR) is 114 cm³/mol. The Hall–Kier alpha value is -1.99. The number of benzene rings is 2. The van der Waals surface area contributed by atoms with E-state index in [-0.39, 0.29) is 5.91 Å². The molecule has 0 atom stereocenters. The Morgan fingerprint density at radius 2 is 1.85 bits per heavy atom. The lowest BCUT2D eigenvalue weighted by atomic mass is 10.2. The van der Waals surface area contributed by atoms with Crippen LogP contribution >= 0.6 is 11.8 Å². The van der Waals surface area contributed by atoms with Crippen LogP contribution in [-0.4, -0.2) is 39.4 Å². The number of rotatable bonds is 9. The van der Waals surface area contributed by atoms with E-state index in [1.165, 1.54) is 21.7 Å². The zero-order valence-electron chi connectivity index (χ0n) is 15.9. The van der Waals surface area contributed by atoms with Crippen molar-refractivity contribution >= 4 is 33.4 Å². The highest BCUT2D eigenvalue weighted by Crippen LogP contribution is 2.18. The van der Waals surface area contributed by atoms with Crippen LogP contribution in [0.4, 0.5) is 5.69 Å². The second-order valence-electron chi connectivity index (χ2n) is 6.27. The number of hydrogen-bond acceptors (Lipinski definition) is 4. The van der Waals surface area contributed by atoms with E-state index in [1.807, 2.05) is 0 Å². The smallest absolute Gasteiger partial charge is 0.251 e. The number of carbonyl (C=O) groups is 1. The van der Waals surface area contributed by atoms with Crippen LogP contribution in [0, 0.1) is 6.92 Å². The van der Waals surface area contributed by atoms with Crippen LogP contribution in [0.25, 0.3) is 0 Å². The topological polar surface area (TPSA) is 66.5 Å². The molecule has 0 spiro atoms. The summed E-state index contributed by atoms with van der Waals surface area (Å²) in [5, 5.41) is 2.90. The molecule has 0 aromatic heterocycles. The molecule has 0 aliphatic rings. The molecule has 1 amide bonds. The van der Waals surface area contributed by atoms with E-state index in [4.69, 9.17) is 0 Å². The largest absolute Gasteiger partial charge is 0.351 e. The number of thioether (sulfide) groups is 1. The maximum atomic E-state index is 12.2. The Morgan fingerprint density at radius 1 is 1.15 bits per heavy atom. The van der Waals surface area contributed by atoms with E-state index in [1.54, 1.807) is 43.0 Å². The number of hydrogen-bond donors (Lipinski definition) is 1. The van der Waals surface area contributed by atoms with Gasteiger partial charge in [0.2, 0.25) is 10.0 Å². The summed E-state index contributed by atoms with van der Waals surface area (Å²) in [6.07, 6.45) is 1.17. The summed E-state index contributed by atoms with van der Waals surface area (Å²) >= 11 is 1.78. The third-order valence-electron chi connectivity index (χ3n) is 3.99. The number of nitrogens with zero attached hydrogens (tertiary/aromatic N) is 1. The first-order chi connectivity index (χ1) is 12.8. The lowest BCUT2D eigenvalue weighted by molar-refractivity contribution is 0.0956. The molecule has 0 saturated carbocycles. The molecule has 7 heteroatoms. The van der Waals surface area contributed by atoms with Crippen LogP contribution in [0.1, 0.15) is 28.4 Å². The van der Waals surface area contributed by atoms with Crippen molar-refractivity contribution in [2.45, 2.75) is 19.6 Å². The van der Waals surface area contributed by atoms with Crippen LogP contribution in [0.5, 0.6) is 0 Å². The third kappa shape index (κ3) is 6.59. The van der Waals surface area contributed by atoms with Gasteiger partial charge in [-0.15, -0.1) is 0 Å². The zero-order chi connectivity index (χ0) is 19.9. The lowest BCUT2D eigenvalue weighted by Gasteiger charge is -2.20. The molecule has 0 saturated heterocycles. The Kier molecular flexibility index (Phi) is 7.74. The first kappa shape index (κ1) is 21.3. The van der Waals surface area contributed by atoms with Crippen molar-refractivity contribution in [3.8, 4) is 0 Å². The molecule has 0 unspecified atom stereocenters. The Morgan fingerprint density at radius 3 is 2.44 bits per heavy atom. The molecule has 0 aliphatic carbocycles. The Bertz CT molecular complexity index is 865. The van der Waals surface area contributed by atoms with E-state index in [0.29, 0.717) is 24.3 Å². The summed E-state index contributed by atoms with van der Waals surface area (Å²) in [6, 6.07) is 15.0. The number of carbonyl (C=O) groups excluding carboxylic acids is 1. The fraction of sp³-hybridized carbons (Fsp3) is 0.350. The van der Waals surface area contributed by atoms with Gasteiger partial charge in [-0.25, -0.2) is 8.42 Å². The van der Waals surface area contributed by atoms with Gasteiger partial charge in [-0.1, -0.05) is 29.8 Å². The average molecular weight is 407 g/mol. The molecule has 0 heterocycles. The van der Waals surface area contributed by atoms with E-state index in [9.17, 15) is 13.2 Å². The van der Waals surface area contributed by atoms with Crippen LogP contribution in [-0.2, 0) is 15.8 Å². The van der Waals surface area contributed by atoms with Gasteiger partial charge >= 0.3 is 0 Å². The maximum Gasteiger partial charge on any atom is 0.251 e. The SMILES string of the molecule is CCN(c1ccc(C(=O)NCCSCc2cccc(C)c2)cc1)S(C)(=O)=O. The molecule has 2 rings (SSSR count). The molecular formula is C20H26N2O3S2. The van der Waals surface area contributed by atoms with E-state index in [2.05, 4.69) is 36.5 Å². The molecule has 27 heavy (non-hydrogen) atoms. The molecule has 2 aromatic rings. The van der Waals surface area contributed by atoms with Gasteiger partial charge in [0.25, 0.3) is 5.91 Å². The quantitative estimate of drug-likeness (QED) is 0.648. The fourth-order valence-corrected chi connectivity index (χ4v) is 4.50. The first-order valence-electron chi connectivity index (χ1n) is 8.80. The van der Waals surface area contributed by atoms with Crippen LogP contribution in [0.15, 0.2) is 48.5 Å². The normalized spacial score (nSPS) is 11.2. The minimum atomic E-state index is -3.32. The summed E-state index contributed by atoms with van der Waals surface area (Å²) in [4.78, 5) is 12.2. The summed E-state index contributed by atoms with van der Waals surface area (Å²) < 4.78 is 24.8. The summed E-state index contributed by atoms with van der Waals surface area (Å²) in [7, 11) is -3.32. The number of anilines is 1. The van der Waals surface area contributed by atoms with E-state index in [0.717, 1.165) is 11.5 Å². The fourth-order valence-electron chi connectivity index (χ4n) is 2.72.